The largest absolute Gasteiger partial charge is 0.494 e. The van der Waals surface area contributed by atoms with Crippen molar-refractivity contribution in [3.8, 4) is 5.75 Å². The van der Waals surface area contributed by atoms with E-state index in [1.807, 2.05) is 0 Å². The molecule has 0 saturated heterocycles. The molecular weight excluding hydrogens is 230 g/mol. The molecule has 0 aliphatic heterocycles. The minimum atomic E-state index is -0.681. The van der Waals surface area contributed by atoms with Crippen LogP contribution in [0.2, 0.25) is 0 Å². The first-order valence-electron chi connectivity index (χ1n) is 4.39. The molecule has 2 N–H and O–H groups in total. The van der Waals surface area contributed by atoms with E-state index in [-0.39, 0.29) is 17.1 Å². The third-order valence-corrected chi connectivity index (χ3v) is 1.83. The van der Waals surface area contributed by atoms with Crippen LogP contribution in [0.25, 0.3) is 0 Å². The third-order valence-electron chi connectivity index (χ3n) is 1.83. The van der Waals surface area contributed by atoms with Gasteiger partial charge >= 0.3 is 0 Å². The first-order chi connectivity index (χ1) is 8.08. The number of oxime groups is 1. The summed E-state index contributed by atoms with van der Waals surface area (Å²) in [4.78, 5) is 21.0. The Morgan fingerprint density at radius 2 is 2.35 bits per heavy atom. The van der Waals surface area contributed by atoms with Crippen molar-refractivity contribution >= 4 is 23.5 Å². The number of carbonyl (C=O) groups is 1. The maximum absolute atomic E-state index is 11.1. The Hall–Kier alpha value is -2.64. The Morgan fingerprint density at radius 3 is 2.88 bits per heavy atom. The van der Waals surface area contributed by atoms with Crippen LogP contribution in [0.4, 0.5) is 11.4 Å². The summed E-state index contributed by atoms with van der Waals surface area (Å²) in [6.45, 7) is 0. The molecule has 0 aromatic heterocycles. The second-order valence-electron chi connectivity index (χ2n) is 2.88. The summed E-state index contributed by atoms with van der Waals surface area (Å²) in [6.07, 6.45) is 0.654. The molecule has 90 valence electrons. The smallest absolute Gasteiger partial charge is 0.273 e. The van der Waals surface area contributed by atoms with Crippen molar-refractivity contribution in [3.63, 3.8) is 0 Å². The van der Waals surface area contributed by atoms with Crippen LogP contribution in [0, 0.1) is 10.1 Å². The van der Waals surface area contributed by atoms with Gasteiger partial charge in [0.1, 0.15) is 12.0 Å². The van der Waals surface area contributed by atoms with Crippen LogP contribution in [0.1, 0.15) is 0 Å². The van der Waals surface area contributed by atoms with Gasteiger partial charge in [-0.25, -0.2) is 0 Å². The number of amides is 1. The molecule has 17 heavy (non-hydrogen) atoms. The van der Waals surface area contributed by atoms with Crippen LogP contribution in [0.3, 0.4) is 0 Å². The van der Waals surface area contributed by atoms with Crippen molar-refractivity contribution in [1.82, 2.24) is 0 Å². The van der Waals surface area contributed by atoms with E-state index in [4.69, 9.17) is 9.94 Å². The van der Waals surface area contributed by atoms with Gasteiger partial charge in [0.25, 0.3) is 11.6 Å². The van der Waals surface area contributed by atoms with Crippen LogP contribution >= 0.6 is 0 Å². The highest BCUT2D eigenvalue weighted by atomic mass is 16.6. The minimum Gasteiger partial charge on any atom is -0.494 e. The molecule has 0 radical (unpaired) electrons. The van der Waals surface area contributed by atoms with Gasteiger partial charge in [-0.1, -0.05) is 5.16 Å². The molecule has 8 nitrogen and oxygen atoms in total. The van der Waals surface area contributed by atoms with Crippen molar-refractivity contribution in [2.24, 2.45) is 5.16 Å². The quantitative estimate of drug-likeness (QED) is 0.352. The molecule has 0 spiro atoms. The van der Waals surface area contributed by atoms with E-state index in [2.05, 4.69) is 10.5 Å². The SMILES string of the molecule is COc1cc([N+](=O)[O-])ccc1NC(=O)/C=N\O. The van der Waals surface area contributed by atoms with Gasteiger partial charge in [-0.3, -0.25) is 14.9 Å². The van der Waals surface area contributed by atoms with E-state index >= 15 is 0 Å². The number of nitrogens with one attached hydrogen (secondary N) is 1. The van der Waals surface area contributed by atoms with E-state index in [1.54, 1.807) is 0 Å². The van der Waals surface area contributed by atoms with Crippen molar-refractivity contribution in [1.29, 1.82) is 0 Å². The summed E-state index contributed by atoms with van der Waals surface area (Å²) >= 11 is 0. The maximum atomic E-state index is 11.1. The molecule has 0 unspecified atom stereocenters. The number of non-ortho nitro benzene ring substituents is 1. The Morgan fingerprint density at radius 1 is 1.65 bits per heavy atom. The zero-order valence-electron chi connectivity index (χ0n) is 8.78. The van der Waals surface area contributed by atoms with E-state index in [1.165, 1.54) is 25.3 Å². The fourth-order valence-corrected chi connectivity index (χ4v) is 1.11. The molecule has 1 amide bonds. The van der Waals surface area contributed by atoms with Crippen molar-refractivity contribution in [2.75, 3.05) is 12.4 Å². The number of rotatable bonds is 4. The van der Waals surface area contributed by atoms with E-state index in [0.29, 0.717) is 6.21 Å². The maximum Gasteiger partial charge on any atom is 0.273 e. The number of carbonyl (C=O) groups excluding carboxylic acids is 1. The molecule has 1 aromatic carbocycles. The number of hydrogen-bond acceptors (Lipinski definition) is 6. The van der Waals surface area contributed by atoms with Gasteiger partial charge in [0.2, 0.25) is 0 Å². The van der Waals surface area contributed by atoms with Gasteiger partial charge in [0, 0.05) is 6.07 Å². The second-order valence-corrected chi connectivity index (χ2v) is 2.88. The molecule has 0 heterocycles. The number of benzene rings is 1. The topological polar surface area (TPSA) is 114 Å². The molecule has 1 aromatic rings. The summed E-state index contributed by atoms with van der Waals surface area (Å²) in [7, 11) is 1.31. The lowest BCUT2D eigenvalue weighted by Crippen LogP contribution is -2.13. The Labute approximate surface area is 95.6 Å². The zero-order chi connectivity index (χ0) is 12.8. The van der Waals surface area contributed by atoms with Crippen molar-refractivity contribution in [3.05, 3.63) is 28.3 Å². The first-order valence-corrected chi connectivity index (χ1v) is 4.39. The average molecular weight is 239 g/mol. The fourth-order valence-electron chi connectivity index (χ4n) is 1.11. The van der Waals surface area contributed by atoms with Crippen LogP contribution < -0.4 is 10.1 Å². The molecular formula is C9H9N3O5. The monoisotopic (exact) mass is 239 g/mol. The van der Waals surface area contributed by atoms with Crippen LogP contribution in [0.5, 0.6) is 5.75 Å². The predicted molar refractivity (Wildman–Crippen MR) is 58.6 cm³/mol. The highest BCUT2D eigenvalue weighted by Gasteiger charge is 2.12. The Bertz CT molecular complexity index is 472. The Balaban J connectivity index is 3.00. The number of ether oxygens (including phenoxy) is 1. The van der Waals surface area contributed by atoms with Crippen molar-refractivity contribution in [2.45, 2.75) is 0 Å². The van der Waals surface area contributed by atoms with Gasteiger partial charge in [-0.05, 0) is 6.07 Å². The molecule has 0 aliphatic carbocycles. The molecule has 0 atom stereocenters. The summed E-state index contributed by atoms with van der Waals surface area (Å²) in [5.41, 5.74) is 0.0821. The lowest BCUT2D eigenvalue weighted by Gasteiger charge is -2.07. The average Bonchev–Trinajstić information content (AvgIpc) is 2.29. The van der Waals surface area contributed by atoms with Gasteiger partial charge in [-0.15, -0.1) is 0 Å². The molecule has 8 heteroatoms. The Kier molecular flexibility index (Phi) is 3.98. The highest BCUT2D eigenvalue weighted by Crippen LogP contribution is 2.28. The van der Waals surface area contributed by atoms with E-state index in [9.17, 15) is 14.9 Å². The predicted octanol–water partition coefficient (Wildman–Crippen LogP) is 1.00. The summed E-state index contributed by atoms with van der Waals surface area (Å²) in [5.74, 6) is -0.543. The number of methoxy groups -OCH3 is 1. The van der Waals surface area contributed by atoms with Gasteiger partial charge < -0.3 is 15.3 Å². The number of anilines is 1. The minimum absolute atomic E-state index is 0.138. The molecule has 0 bridgehead atoms. The summed E-state index contributed by atoms with van der Waals surface area (Å²) in [6, 6.07) is 3.71. The summed E-state index contributed by atoms with van der Waals surface area (Å²) in [5, 5.41) is 23.5. The van der Waals surface area contributed by atoms with E-state index in [0.717, 1.165) is 0 Å². The fraction of sp³-hybridized carbons (Fsp3) is 0.111. The molecule has 0 fully saturated rings. The van der Waals surface area contributed by atoms with Crippen LogP contribution in [-0.2, 0) is 4.79 Å². The third kappa shape index (κ3) is 3.16. The number of hydrogen-bond donors (Lipinski definition) is 2. The zero-order valence-corrected chi connectivity index (χ0v) is 8.78. The highest BCUT2D eigenvalue weighted by molar-refractivity contribution is 6.31. The number of nitro benzene ring substituents is 1. The van der Waals surface area contributed by atoms with Gasteiger partial charge in [0.05, 0.1) is 23.8 Å². The number of nitro groups is 1. The molecule has 0 aliphatic rings. The first kappa shape index (κ1) is 12.4. The molecule has 1 rings (SSSR count). The van der Waals surface area contributed by atoms with E-state index < -0.39 is 10.8 Å². The standard InChI is InChI=1S/C9H9N3O5/c1-17-8-4-6(12(15)16)2-3-7(8)11-9(13)5-10-14/h2-5,14H,1H3,(H,11,13)/b10-5-. The second kappa shape index (κ2) is 5.45. The van der Waals surface area contributed by atoms with Crippen LogP contribution in [-0.4, -0.2) is 29.4 Å². The summed E-state index contributed by atoms with van der Waals surface area (Å²) < 4.78 is 4.89. The lowest BCUT2D eigenvalue weighted by molar-refractivity contribution is -0.384. The van der Waals surface area contributed by atoms with Crippen LogP contribution in [0.15, 0.2) is 23.4 Å². The van der Waals surface area contributed by atoms with Gasteiger partial charge in [-0.2, -0.15) is 0 Å². The number of nitrogens with zero attached hydrogens (tertiary/aromatic N) is 2. The van der Waals surface area contributed by atoms with Crippen molar-refractivity contribution < 1.29 is 19.7 Å². The normalized spacial score (nSPS) is 10.2. The lowest BCUT2D eigenvalue weighted by atomic mass is 10.2. The molecule has 0 saturated carbocycles. The van der Waals surface area contributed by atoms with Gasteiger partial charge in [0.15, 0.2) is 0 Å².